The summed E-state index contributed by atoms with van der Waals surface area (Å²) in [6, 6.07) is 8.39. The van der Waals surface area contributed by atoms with Crippen molar-refractivity contribution in [1.29, 1.82) is 0 Å². The maximum atomic E-state index is 11.6. The number of anilines is 1. The van der Waals surface area contributed by atoms with Crippen molar-refractivity contribution in [1.82, 2.24) is 5.06 Å². The Hall–Kier alpha value is -3.17. The van der Waals surface area contributed by atoms with Gasteiger partial charge in [0.05, 0.1) is 12.2 Å². The van der Waals surface area contributed by atoms with E-state index in [1.165, 1.54) is 6.07 Å². The van der Waals surface area contributed by atoms with Crippen molar-refractivity contribution < 1.29 is 34.1 Å². The molecule has 30 heavy (non-hydrogen) atoms. The van der Waals surface area contributed by atoms with E-state index in [4.69, 9.17) is 19.0 Å². The number of aromatic hydroxyl groups is 1. The summed E-state index contributed by atoms with van der Waals surface area (Å²) in [6.07, 6.45) is -0.0286. The molecule has 0 fully saturated rings. The van der Waals surface area contributed by atoms with Gasteiger partial charge in [0.15, 0.2) is 17.2 Å². The number of amides is 1. The zero-order valence-corrected chi connectivity index (χ0v) is 16.6. The first-order chi connectivity index (χ1) is 14.5. The highest BCUT2D eigenvalue weighted by molar-refractivity contribution is 5.96. The number of hydrogen-bond donors (Lipinski definition) is 3. The lowest BCUT2D eigenvalue weighted by molar-refractivity contribution is -0.116. The highest BCUT2D eigenvalue weighted by Crippen LogP contribution is 2.38. The van der Waals surface area contributed by atoms with E-state index >= 15 is 0 Å². The lowest BCUT2D eigenvalue weighted by Crippen LogP contribution is -2.37. The number of ether oxygens (including phenoxy) is 3. The van der Waals surface area contributed by atoms with Crippen LogP contribution in [0.15, 0.2) is 30.3 Å². The van der Waals surface area contributed by atoms with Crippen LogP contribution in [0, 0.1) is 0 Å². The largest absolute Gasteiger partial charge is 0.506 e. The summed E-state index contributed by atoms with van der Waals surface area (Å²) in [5.74, 6) is 2.26. The molecule has 9 heteroatoms. The molecule has 0 saturated heterocycles. The topological polar surface area (TPSA) is 110 Å². The fraction of sp³-hybridized carbons (Fsp3) is 0.381. The van der Waals surface area contributed by atoms with Gasteiger partial charge >= 0.3 is 0 Å². The van der Waals surface area contributed by atoms with Crippen molar-refractivity contribution in [3.05, 3.63) is 35.9 Å². The number of likely N-dealkylation sites (N-methyl/N-ethyl adjacent to an activating group) is 1. The van der Waals surface area contributed by atoms with Crippen molar-refractivity contribution in [3.63, 3.8) is 0 Å². The van der Waals surface area contributed by atoms with Crippen molar-refractivity contribution in [2.75, 3.05) is 31.8 Å². The molecule has 2 heterocycles. The van der Waals surface area contributed by atoms with E-state index in [0.717, 1.165) is 5.56 Å². The molecule has 1 amide bonds. The van der Waals surface area contributed by atoms with Gasteiger partial charge in [0.2, 0.25) is 12.7 Å². The Morgan fingerprint density at radius 3 is 2.87 bits per heavy atom. The maximum absolute atomic E-state index is 11.6. The fourth-order valence-corrected chi connectivity index (χ4v) is 3.37. The standard InChI is InChI=1S/C21H24N2O7/c1-2-23(30-14-3-6-18-19(9-14)29-12-28-18)10-13(24)11-27-17-7-5-16(25)21-15(17)4-8-20(26)22-21/h3,5-7,9,13,24-25H,2,4,8,10-12H2,1H3,(H,22,26). The molecule has 2 aromatic rings. The van der Waals surface area contributed by atoms with Gasteiger partial charge in [0.1, 0.15) is 24.2 Å². The minimum atomic E-state index is -0.818. The van der Waals surface area contributed by atoms with Crippen molar-refractivity contribution in [2.45, 2.75) is 25.9 Å². The number of rotatable bonds is 8. The Labute approximate surface area is 173 Å². The molecule has 0 bridgehead atoms. The third-order valence-electron chi connectivity index (χ3n) is 4.89. The van der Waals surface area contributed by atoms with Crippen molar-refractivity contribution >= 4 is 11.6 Å². The minimum absolute atomic E-state index is 0.000215. The molecule has 160 valence electrons. The van der Waals surface area contributed by atoms with Crippen LogP contribution in [-0.4, -0.2) is 53.8 Å². The van der Waals surface area contributed by atoms with Gasteiger partial charge in [-0.25, -0.2) is 0 Å². The summed E-state index contributed by atoms with van der Waals surface area (Å²) in [4.78, 5) is 17.4. The summed E-state index contributed by atoms with van der Waals surface area (Å²) in [7, 11) is 0. The Morgan fingerprint density at radius 2 is 2.03 bits per heavy atom. The summed E-state index contributed by atoms with van der Waals surface area (Å²) >= 11 is 0. The number of phenols is 1. The number of carbonyl (C=O) groups is 1. The molecule has 0 saturated carbocycles. The van der Waals surface area contributed by atoms with Crippen LogP contribution < -0.4 is 24.4 Å². The highest BCUT2D eigenvalue weighted by Gasteiger charge is 2.23. The average Bonchev–Trinajstić information content (AvgIpc) is 3.21. The zero-order valence-electron chi connectivity index (χ0n) is 16.6. The number of carbonyl (C=O) groups excluding carboxylic acids is 1. The molecule has 2 aromatic carbocycles. The summed E-state index contributed by atoms with van der Waals surface area (Å²) < 4.78 is 16.4. The van der Waals surface area contributed by atoms with E-state index in [2.05, 4.69) is 5.32 Å². The van der Waals surface area contributed by atoms with Crippen LogP contribution in [0.1, 0.15) is 18.9 Å². The van der Waals surface area contributed by atoms with E-state index in [1.807, 2.05) is 6.92 Å². The number of fused-ring (bicyclic) bond motifs is 2. The maximum Gasteiger partial charge on any atom is 0.231 e. The Balaban J connectivity index is 1.34. The Bertz CT molecular complexity index is 934. The molecule has 1 unspecified atom stereocenters. The van der Waals surface area contributed by atoms with Crippen LogP contribution in [0.3, 0.4) is 0 Å². The second kappa shape index (κ2) is 8.68. The van der Waals surface area contributed by atoms with E-state index in [0.29, 0.717) is 48.1 Å². The van der Waals surface area contributed by atoms with E-state index < -0.39 is 6.10 Å². The van der Waals surface area contributed by atoms with Gasteiger partial charge in [-0.3, -0.25) is 4.79 Å². The van der Waals surface area contributed by atoms with Crippen molar-refractivity contribution in [3.8, 4) is 28.7 Å². The number of phenolic OH excluding ortho intramolecular Hbond substituents is 1. The van der Waals surface area contributed by atoms with Gasteiger partial charge in [-0.15, -0.1) is 5.06 Å². The quantitative estimate of drug-likeness (QED) is 0.443. The molecule has 2 aliphatic heterocycles. The minimum Gasteiger partial charge on any atom is -0.506 e. The van der Waals surface area contributed by atoms with Gasteiger partial charge in [0, 0.05) is 24.6 Å². The lowest BCUT2D eigenvalue weighted by Gasteiger charge is -2.25. The van der Waals surface area contributed by atoms with Crippen LogP contribution in [0.5, 0.6) is 28.7 Å². The van der Waals surface area contributed by atoms with Crippen LogP contribution in [-0.2, 0) is 11.2 Å². The average molecular weight is 416 g/mol. The first-order valence-electron chi connectivity index (χ1n) is 9.81. The van der Waals surface area contributed by atoms with Crippen LogP contribution in [0.4, 0.5) is 5.69 Å². The second-order valence-electron chi connectivity index (χ2n) is 7.04. The number of nitrogens with one attached hydrogen (secondary N) is 1. The van der Waals surface area contributed by atoms with E-state index in [-0.39, 0.29) is 31.6 Å². The van der Waals surface area contributed by atoms with Gasteiger partial charge in [0.25, 0.3) is 0 Å². The van der Waals surface area contributed by atoms with E-state index in [1.54, 1.807) is 29.3 Å². The molecule has 0 spiro atoms. The van der Waals surface area contributed by atoms with Crippen molar-refractivity contribution in [2.24, 2.45) is 0 Å². The molecule has 3 N–H and O–H groups in total. The zero-order chi connectivity index (χ0) is 21.1. The van der Waals surface area contributed by atoms with Crippen LogP contribution in [0.25, 0.3) is 0 Å². The predicted molar refractivity (Wildman–Crippen MR) is 107 cm³/mol. The smallest absolute Gasteiger partial charge is 0.231 e. The number of benzene rings is 2. The molecule has 4 rings (SSSR count). The first kappa shape index (κ1) is 20.1. The van der Waals surface area contributed by atoms with Crippen LogP contribution in [0.2, 0.25) is 0 Å². The van der Waals surface area contributed by atoms with E-state index in [9.17, 15) is 15.0 Å². The molecule has 0 aliphatic carbocycles. The number of aliphatic hydroxyl groups is 1. The molecule has 0 radical (unpaired) electrons. The summed E-state index contributed by atoms with van der Waals surface area (Å²) in [6.45, 7) is 2.91. The fourth-order valence-electron chi connectivity index (χ4n) is 3.37. The molecular formula is C21H24N2O7. The highest BCUT2D eigenvalue weighted by atomic mass is 16.7. The summed E-state index contributed by atoms with van der Waals surface area (Å²) in [5, 5.41) is 24.7. The molecular weight excluding hydrogens is 392 g/mol. The second-order valence-corrected chi connectivity index (χ2v) is 7.04. The summed E-state index contributed by atoms with van der Waals surface area (Å²) in [5.41, 5.74) is 1.10. The number of nitrogens with zero attached hydrogens (tertiary/aromatic N) is 1. The molecule has 0 aromatic heterocycles. The molecule has 2 aliphatic rings. The molecule has 1 atom stereocenters. The first-order valence-corrected chi connectivity index (χ1v) is 9.81. The normalized spacial score (nSPS) is 15.5. The Morgan fingerprint density at radius 1 is 1.20 bits per heavy atom. The monoisotopic (exact) mass is 416 g/mol. The lowest BCUT2D eigenvalue weighted by atomic mass is 10.0. The third kappa shape index (κ3) is 4.37. The van der Waals surface area contributed by atoms with Gasteiger partial charge in [-0.05, 0) is 37.6 Å². The number of hydroxylamine groups is 2. The van der Waals surface area contributed by atoms with Gasteiger partial charge < -0.3 is 34.6 Å². The number of aliphatic hydroxyl groups excluding tert-OH is 1. The number of hydrogen-bond acceptors (Lipinski definition) is 8. The SMILES string of the molecule is CCN(CC(O)COc1ccc(O)c2c1CCC(=O)N2)Oc1ccc2c(c1)OCO2. The Kier molecular flexibility index (Phi) is 5.82. The predicted octanol–water partition coefficient (Wildman–Crippen LogP) is 2.06. The third-order valence-corrected chi connectivity index (χ3v) is 4.89. The van der Waals surface area contributed by atoms with Gasteiger partial charge in [-0.2, -0.15) is 0 Å². The van der Waals surface area contributed by atoms with Crippen LogP contribution >= 0.6 is 0 Å². The molecule has 9 nitrogen and oxygen atoms in total. The van der Waals surface area contributed by atoms with Gasteiger partial charge in [-0.1, -0.05) is 0 Å².